The molecular formula is C7H10Cl2N2O. The quantitative estimate of drug-likeness (QED) is 0.510. The van der Waals surface area contributed by atoms with Crippen LogP contribution in [0.5, 0.6) is 5.75 Å². The Morgan fingerprint density at radius 2 is 2.17 bits per heavy atom. The first-order valence-corrected chi connectivity index (χ1v) is 3.53. The zero-order valence-electron chi connectivity index (χ0n) is 6.25. The molecule has 1 aromatic rings. The van der Waals surface area contributed by atoms with Gasteiger partial charge < -0.3 is 5.11 Å². The molecule has 0 aliphatic heterocycles. The van der Waals surface area contributed by atoms with Gasteiger partial charge in [-0.25, -0.2) is 0 Å². The molecule has 0 bridgehead atoms. The van der Waals surface area contributed by atoms with Crippen LogP contribution in [0.2, 0.25) is 5.02 Å². The van der Waals surface area contributed by atoms with E-state index in [4.69, 9.17) is 17.4 Å². The van der Waals surface area contributed by atoms with Crippen LogP contribution in [0.15, 0.2) is 18.2 Å². The van der Waals surface area contributed by atoms with Gasteiger partial charge in [0.15, 0.2) is 0 Å². The van der Waals surface area contributed by atoms with Crippen LogP contribution in [0.3, 0.4) is 0 Å². The van der Waals surface area contributed by atoms with Crippen LogP contribution in [-0.2, 0) is 6.54 Å². The van der Waals surface area contributed by atoms with E-state index in [-0.39, 0.29) is 18.2 Å². The number of aromatic hydroxyl groups is 1. The lowest BCUT2D eigenvalue weighted by Gasteiger charge is -2.03. The van der Waals surface area contributed by atoms with Crippen molar-refractivity contribution in [2.45, 2.75) is 6.54 Å². The normalized spacial score (nSPS) is 9.17. The minimum atomic E-state index is 0. The second-order valence-electron chi connectivity index (χ2n) is 2.13. The van der Waals surface area contributed by atoms with Gasteiger partial charge in [0.05, 0.1) is 5.02 Å². The zero-order chi connectivity index (χ0) is 8.27. The fourth-order valence-electron chi connectivity index (χ4n) is 0.813. The molecule has 0 aliphatic rings. The van der Waals surface area contributed by atoms with Crippen molar-refractivity contribution in [1.29, 1.82) is 0 Å². The number of benzene rings is 1. The monoisotopic (exact) mass is 208 g/mol. The maximum absolute atomic E-state index is 9.30. The first-order chi connectivity index (χ1) is 5.25. The summed E-state index contributed by atoms with van der Waals surface area (Å²) in [5, 5.41) is 9.65. The summed E-state index contributed by atoms with van der Waals surface area (Å²) in [6.07, 6.45) is 0. The highest BCUT2D eigenvalue weighted by Crippen LogP contribution is 2.26. The van der Waals surface area contributed by atoms with Crippen molar-refractivity contribution in [3.8, 4) is 5.75 Å². The Morgan fingerprint density at radius 1 is 1.50 bits per heavy atom. The van der Waals surface area contributed by atoms with Crippen molar-refractivity contribution < 1.29 is 5.11 Å². The van der Waals surface area contributed by atoms with Gasteiger partial charge in [0.2, 0.25) is 0 Å². The number of halogens is 2. The Labute approximate surface area is 81.9 Å². The van der Waals surface area contributed by atoms with E-state index in [2.05, 4.69) is 5.43 Å². The van der Waals surface area contributed by atoms with E-state index in [1.54, 1.807) is 18.2 Å². The molecule has 4 N–H and O–H groups in total. The summed E-state index contributed by atoms with van der Waals surface area (Å²) in [6, 6.07) is 5.13. The molecule has 0 amide bonds. The molecule has 12 heavy (non-hydrogen) atoms. The molecule has 0 unspecified atom stereocenters. The van der Waals surface area contributed by atoms with Crippen LogP contribution in [0.25, 0.3) is 0 Å². The molecule has 1 aromatic carbocycles. The van der Waals surface area contributed by atoms with E-state index < -0.39 is 0 Å². The molecule has 0 radical (unpaired) electrons. The highest BCUT2D eigenvalue weighted by atomic mass is 35.5. The molecule has 0 spiro atoms. The summed E-state index contributed by atoms with van der Waals surface area (Å²) in [5.74, 6) is 5.17. The van der Waals surface area contributed by atoms with Crippen LogP contribution >= 0.6 is 24.0 Å². The zero-order valence-corrected chi connectivity index (χ0v) is 7.82. The molecule has 0 heterocycles. The predicted molar refractivity (Wildman–Crippen MR) is 51.4 cm³/mol. The van der Waals surface area contributed by atoms with Crippen molar-refractivity contribution in [2.75, 3.05) is 0 Å². The van der Waals surface area contributed by atoms with E-state index in [9.17, 15) is 5.11 Å². The number of nitrogens with one attached hydrogen (secondary N) is 1. The van der Waals surface area contributed by atoms with Gasteiger partial charge in [-0.1, -0.05) is 23.7 Å². The van der Waals surface area contributed by atoms with Crippen molar-refractivity contribution in [2.24, 2.45) is 5.84 Å². The maximum atomic E-state index is 9.30. The third kappa shape index (κ3) is 2.53. The molecule has 3 nitrogen and oxygen atoms in total. The van der Waals surface area contributed by atoms with Crippen LogP contribution in [0, 0.1) is 0 Å². The third-order valence-electron chi connectivity index (χ3n) is 1.36. The van der Waals surface area contributed by atoms with Crippen molar-refractivity contribution in [3.05, 3.63) is 28.8 Å². The summed E-state index contributed by atoms with van der Waals surface area (Å²) in [6.45, 7) is 0.409. The Kier molecular flexibility index (Phi) is 5.01. The molecule has 5 heteroatoms. The third-order valence-corrected chi connectivity index (χ3v) is 1.67. The van der Waals surface area contributed by atoms with Crippen molar-refractivity contribution in [3.63, 3.8) is 0 Å². The lowest BCUT2D eigenvalue weighted by Crippen LogP contribution is -2.20. The lowest BCUT2D eigenvalue weighted by atomic mass is 10.2. The van der Waals surface area contributed by atoms with Crippen molar-refractivity contribution >= 4 is 24.0 Å². The summed E-state index contributed by atoms with van der Waals surface area (Å²) in [7, 11) is 0. The van der Waals surface area contributed by atoms with Crippen LogP contribution in [-0.4, -0.2) is 5.11 Å². The second kappa shape index (κ2) is 5.22. The number of phenolic OH excluding ortho intramolecular Hbond substituents is 1. The van der Waals surface area contributed by atoms with E-state index in [1.807, 2.05) is 0 Å². The summed E-state index contributed by atoms with van der Waals surface area (Å²) in [5.41, 5.74) is 3.13. The number of para-hydroxylation sites is 1. The Bertz CT molecular complexity index is 255. The fourth-order valence-corrected chi connectivity index (χ4v) is 1.01. The number of hydrogen-bond acceptors (Lipinski definition) is 3. The average molecular weight is 209 g/mol. The summed E-state index contributed by atoms with van der Waals surface area (Å²) < 4.78 is 0. The highest BCUT2D eigenvalue weighted by molar-refractivity contribution is 6.32. The van der Waals surface area contributed by atoms with Gasteiger partial charge >= 0.3 is 0 Å². The van der Waals surface area contributed by atoms with Gasteiger partial charge in [-0.3, -0.25) is 11.3 Å². The maximum Gasteiger partial charge on any atom is 0.138 e. The van der Waals surface area contributed by atoms with Crippen LogP contribution < -0.4 is 11.3 Å². The van der Waals surface area contributed by atoms with E-state index in [0.29, 0.717) is 17.1 Å². The standard InChI is InChI=1S/C7H9ClN2O.ClH/c8-6-3-1-2-5(4-10-9)7(6)11;/h1-3,10-11H,4,9H2;1H. The number of phenols is 1. The highest BCUT2D eigenvalue weighted by Gasteiger charge is 2.02. The number of hydrazine groups is 1. The topological polar surface area (TPSA) is 58.3 Å². The summed E-state index contributed by atoms with van der Waals surface area (Å²) in [4.78, 5) is 0. The number of rotatable bonds is 2. The van der Waals surface area contributed by atoms with Gasteiger partial charge in [-0.05, 0) is 6.07 Å². The van der Waals surface area contributed by atoms with Crippen molar-refractivity contribution in [1.82, 2.24) is 5.43 Å². The molecule has 0 aromatic heterocycles. The summed E-state index contributed by atoms with van der Waals surface area (Å²) >= 11 is 5.63. The van der Waals surface area contributed by atoms with E-state index in [0.717, 1.165) is 0 Å². The molecule has 0 fully saturated rings. The van der Waals surface area contributed by atoms with Crippen LogP contribution in [0.1, 0.15) is 5.56 Å². The van der Waals surface area contributed by atoms with E-state index in [1.165, 1.54) is 0 Å². The molecule has 0 saturated heterocycles. The van der Waals surface area contributed by atoms with Gasteiger partial charge in [-0.15, -0.1) is 12.4 Å². The predicted octanol–water partition coefficient (Wildman–Crippen LogP) is 1.43. The second-order valence-corrected chi connectivity index (χ2v) is 2.54. The average Bonchev–Trinajstić information content (AvgIpc) is 1.99. The Morgan fingerprint density at radius 3 is 2.75 bits per heavy atom. The van der Waals surface area contributed by atoms with Gasteiger partial charge in [0.25, 0.3) is 0 Å². The SMILES string of the molecule is Cl.NNCc1cccc(Cl)c1O. The largest absolute Gasteiger partial charge is 0.506 e. The Balaban J connectivity index is 0.00000121. The lowest BCUT2D eigenvalue weighted by molar-refractivity contribution is 0.465. The van der Waals surface area contributed by atoms with Crippen LogP contribution in [0.4, 0.5) is 0 Å². The molecule has 0 saturated carbocycles. The molecule has 1 rings (SSSR count). The fraction of sp³-hybridized carbons (Fsp3) is 0.143. The molecular weight excluding hydrogens is 199 g/mol. The smallest absolute Gasteiger partial charge is 0.138 e. The van der Waals surface area contributed by atoms with Gasteiger partial charge in [0.1, 0.15) is 5.75 Å². The minimum Gasteiger partial charge on any atom is -0.506 e. The number of hydrogen-bond donors (Lipinski definition) is 3. The molecule has 0 atom stereocenters. The Hall–Kier alpha value is -0.480. The molecule has 0 aliphatic carbocycles. The molecule has 68 valence electrons. The minimum absolute atomic E-state index is 0. The van der Waals surface area contributed by atoms with Gasteiger partial charge in [0, 0.05) is 12.1 Å². The first kappa shape index (κ1) is 11.5. The number of nitrogens with two attached hydrogens (primary N) is 1. The van der Waals surface area contributed by atoms with E-state index >= 15 is 0 Å². The van der Waals surface area contributed by atoms with Gasteiger partial charge in [-0.2, -0.15) is 0 Å². The first-order valence-electron chi connectivity index (χ1n) is 3.15.